The molecule has 3 heterocycles. The van der Waals surface area contributed by atoms with Crippen LogP contribution in [-0.2, 0) is 16.1 Å². The van der Waals surface area contributed by atoms with E-state index >= 15 is 0 Å². The fourth-order valence-corrected chi connectivity index (χ4v) is 3.39. The summed E-state index contributed by atoms with van der Waals surface area (Å²) in [6.45, 7) is 6.38. The Kier molecular flexibility index (Phi) is 5.43. The molecule has 7 heteroatoms. The van der Waals surface area contributed by atoms with Crippen LogP contribution >= 0.6 is 0 Å². The second-order valence-electron chi connectivity index (χ2n) is 6.37. The normalized spacial score (nSPS) is 17.7. The van der Waals surface area contributed by atoms with Crippen LogP contribution in [0.15, 0.2) is 18.3 Å². The highest BCUT2D eigenvalue weighted by atomic mass is 16.5. The Morgan fingerprint density at radius 3 is 3.00 bits per heavy atom. The van der Waals surface area contributed by atoms with E-state index in [9.17, 15) is 4.79 Å². The Bertz CT molecular complexity index is 743. The number of hydrogen-bond acceptors (Lipinski definition) is 5. The van der Waals surface area contributed by atoms with Crippen molar-refractivity contribution in [2.45, 2.75) is 39.2 Å². The molecule has 1 fully saturated rings. The molecule has 0 aliphatic carbocycles. The molecule has 25 heavy (non-hydrogen) atoms. The number of hydrogen-bond donors (Lipinski definition) is 0. The minimum atomic E-state index is 0.0438. The first-order valence-electron chi connectivity index (χ1n) is 8.76. The van der Waals surface area contributed by atoms with E-state index in [1.807, 2.05) is 28.6 Å². The Hall–Kier alpha value is -2.28. The van der Waals surface area contributed by atoms with Crippen molar-refractivity contribution in [3.63, 3.8) is 0 Å². The van der Waals surface area contributed by atoms with Crippen molar-refractivity contribution in [1.82, 2.24) is 24.6 Å². The van der Waals surface area contributed by atoms with Gasteiger partial charge in [0.1, 0.15) is 12.4 Å². The number of aromatic nitrogens is 4. The summed E-state index contributed by atoms with van der Waals surface area (Å²) in [7, 11) is 1.55. The molecule has 1 unspecified atom stereocenters. The van der Waals surface area contributed by atoms with Gasteiger partial charge in [-0.25, -0.2) is 9.97 Å². The molecule has 0 radical (unpaired) electrons. The second-order valence-corrected chi connectivity index (χ2v) is 6.37. The maximum absolute atomic E-state index is 12.1. The number of amides is 1. The van der Waals surface area contributed by atoms with Crippen molar-refractivity contribution < 1.29 is 9.53 Å². The van der Waals surface area contributed by atoms with Gasteiger partial charge in [-0.2, -0.15) is 5.10 Å². The summed E-state index contributed by atoms with van der Waals surface area (Å²) in [6, 6.07) is 4.02. The van der Waals surface area contributed by atoms with Gasteiger partial charge in [-0.1, -0.05) is 0 Å². The Morgan fingerprint density at radius 2 is 2.24 bits per heavy atom. The summed E-state index contributed by atoms with van der Waals surface area (Å²) in [5.41, 5.74) is 2.89. The van der Waals surface area contributed by atoms with Gasteiger partial charge in [-0.05, 0) is 38.8 Å². The number of methoxy groups -OCH3 is 1. The molecule has 3 rings (SSSR count). The first kappa shape index (κ1) is 17.5. The summed E-state index contributed by atoms with van der Waals surface area (Å²) >= 11 is 0. The zero-order chi connectivity index (χ0) is 17.8. The molecular formula is C18H25N5O2. The van der Waals surface area contributed by atoms with E-state index in [-0.39, 0.29) is 18.4 Å². The number of piperidine rings is 1. The average molecular weight is 343 g/mol. The van der Waals surface area contributed by atoms with Crippen LogP contribution in [0.2, 0.25) is 0 Å². The third-order valence-corrected chi connectivity index (χ3v) is 4.60. The summed E-state index contributed by atoms with van der Waals surface area (Å²) < 4.78 is 6.92. The van der Waals surface area contributed by atoms with Crippen LogP contribution in [0.4, 0.5) is 0 Å². The third kappa shape index (κ3) is 3.87. The summed E-state index contributed by atoms with van der Waals surface area (Å²) in [5, 5.41) is 4.33. The van der Waals surface area contributed by atoms with E-state index in [0.29, 0.717) is 6.54 Å². The predicted octanol–water partition coefficient (Wildman–Crippen LogP) is 2.02. The van der Waals surface area contributed by atoms with Crippen LogP contribution in [0.3, 0.4) is 0 Å². The topological polar surface area (TPSA) is 73.1 Å². The highest BCUT2D eigenvalue weighted by Gasteiger charge is 2.26. The van der Waals surface area contributed by atoms with E-state index in [2.05, 4.69) is 22.0 Å². The maximum Gasteiger partial charge on any atom is 0.248 e. The lowest BCUT2D eigenvalue weighted by Crippen LogP contribution is -2.41. The molecular weight excluding hydrogens is 318 g/mol. The molecule has 0 aromatic carbocycles. The number of rotatable bonds is 5. The van der Waals surface area contributed by atoms with Crippen molar-refractivity contribution in [1.29, 1.82) is 0 Å². The zero-order valence-corrected chi connectivity index (χ0v) is 15.1. The van der Waals surface area contributed by atoms with Gasteiger partial charge < -0.3 is 9.64 Å². The molecule has 1 atom stereocenters. The fourth-order valence-electron chi connectivity index (χ4n) is 3.39. The van der Waals surface area contributed by atoms with Crippen molar-refractivity contribution in [2.24, 2.45) is 0 Å². The van der Waals surface area contributed by atoms with Crippen molar-refractivity contribution in [2.75, 3.05) is 26.8 Å². The smallest absolute Gasteiger partial charge is 0.248 e. The number of likely N-dealkylation sites (tertiary alicyclic amines) is 1. The standard InChI is InChI=1S/C18H25N5O2/c1-4-23-17(7-8-19-23)16-10-15(20-13(2)21-16)14-6-5-9-22(11-14)18(24)12-25-3/h7-8,10,14H,4-6,9,11-12H2,1-3H3. The Labute approximate surface area is 148 Å². The molecule has 0 N–H and O–H groups in total. The van der Waals surface area contributed by atoms with Crippen molar-refractivity contribution >= 4 is 5.91 Å². The molecule has 1 amide bonds. The number of ether oxygens (including phenoxy) is 1. The van der Waals surface area contributed by atoms with Gasteiger partial charge in [-0.15, -0.1) is 0 Å². The van der Waals surface area contributed by atoms with Gasteiger partial charge >= 0.3 is 0 Å². The second kappa shape index (κ2) is 7.74. The number of carbonyl (C=O) groups is 1. The van der Waals surface area contributed by atoms with Crippen LogP contribution in [0, 0.1) is 6.92 Å². The highest BCUT2D eigenvalue weighted by molar-refractivity contribution is 5.77. The molecule has 1 saturated heterocycles. The molecule has 7 nitrogen and oxygen atoms in total. The molecule has 0 saturated carbocycles. The first-order valence-corrected chi connectivity index (χ1v) is 8.76. The lowest BCUT2D eigenvalue weighted by molar-refractivity contribution is -0.136. The summed E-state index contributed by atoms with van der Waals surface area (Å²) in [6.07, 6.45) is 3.80. The number of aryl methyl sites for hydroxylation is 2. The molecule has 0 spiro atoms. The van der Waals surface area contributed by atoms with E-state index in [1.54, 1.807) is 13.3 Å². The number of nitrogens with zero attached hydrogens (tertiary/aromatic N) is 5. The van der Waals surface area contributed by atoms with Gasteiger partial charge in [0.25, 0.3) is 0 Å². The van der Waals surface area contributed by atoms with Gasteiger partial charge in [0.15, 0.2) is 0 Å². The highest BCUT2D eigenvalue weighted by Crippen LogP contribution is 2.28. The molecule has 2 aromatic heterocycles. The quantitative estimate of drug-likeness (QED) is 0.830. The summed E-state index contributed by atoms with van der Waals surface area (Å²) in [4.78, 5) is 23.3. The minimum absolute atomic E-state index is 0.0438. The van der Waals surface area contributed by atoms with Gasteiger partial charge in [0.2, 0.25) is 5.91 Å². The van der Waals surface area contributed by atoms with Gasteiger partial charge in [0, 0.05) is 44.6 Å². The van der Waals surface area contributed by atoms with E-state index in [1.165, 1.54) is 0 Å². The van der Waals surface area contributed by atoms with E-state index < -0.39 is 0 Å². The fraction of sp³-hybridized carbons (Fsp3) is 0.556. The Balaban J connectivity index is 1.86. The molecule has 2 aromatic rings. The SMILES string of the molecule is CCn1nccc1-c1cc(C2CCCN(C(=O)COC)C2)nc(C)n1. The van der Waals surface area contributed by atoms with E-state index in [0.717, 1.165) is 48.8 Å². The lowest BCUT2D eigenvalue weighted by Gasteiger charge is -2.32. The molecule has 134 valence electrons. The predicted molar refractivity (Wildman–Crippen MR) is 94.1 cm³/mol. The third-order valence-electron chi connectivity index (χ3n) is 4.60. The largest absolute Gasteiger partial charge is 0.375 e. The van der Waals surface area contributed by atoms with Crippen LogP contribution < -0.4 is 0 Å². The van der Waals surface area contributed by atoms with Crippen molar-refractivity contribution in [3.8, 4) is 11.4 Å². The Morgan fingerprint density at radius 1 is 1.40 bits per heavy atom. The van der Waals surface area contributed by atoms with Gasteiger partial charge in [0.05, 0.1) is 11.4 Å². The molecule has 0 bridgehead atoms. The molecule has 1 aliphatic heterocycles. The van der Waals surface area contributed by atoms with Crippen molar-refractivity contribution in [3.05, 3.63) is 29.8 Å². The lowest BCUT2D eigenvalue weighted by atomic mass is 9.93. The maximum atomic E-state index is 12.1. The van der Waals surface area contributed by atoms with Crippen LogP contribution in [0.1, 0.15) is 37.2 Å². The average Bonchev–Trinajstić information content (AvgIpc) is 3.10. The van der Waals surface area contributed by atoms with E-state index in [4.69, 9.17) is 4.74 Å². The molecule has 1 aliphatic rings. The minimum Gasteiger partial charge on any atom is -0.375 e. The zero-order valence-electron chi connectivity index (χ0n) is 15.1. The van der Waals surface area contributed by atoms with Crippen LogP contribution in [-0.4, -0.2) is 57.4 Å². The summed E-state index contributed by atoms with van der Waals surface area (Å²) in [5.74, 6) is 1.02. The van der Waals surface area contributed by atoms with Gasteiger partial charge in [-0.3, -0.25) is 9.48 Å². The number of carbonyl (C=O) groups excluding carboxylic acids is 1. The van der Waals surface area contributed by atoms with Crippen LogP contribution in [0.25, 0.3) is 11.4 Å². The monoisotopic (exact) mass is 343 g/mol. The van der Waals surface area contributed by atoms with Crippen LogP contribution in [0.5, 0.6) is 0 Å². The first-order chi connectivity index (χ1) is 12.1.